The highest BCUT2D eigenvalue weighted by atomic mass is 32.1. The summed E-state index contributed by atoms with van der Waals surface area (Å²) >= 11 is 1.52. The summed E-state index contributed by atoms with van der Waals surface area (Å²) in [5.74, 6) is 2.54. The molecule has 1 aliphatic rings. The Morgan fingerprint density at radius 2 is 2.13 bits per heavy atom. The van der Waals surface area contributed by atoms with Crippen LogP contribution in [0.3, 0.4) is 0 Å². The van der Waals surface area contributed by atoms with Gasteiger partial charge in [-0.2, -0.15) is 4.37 Å². The molecule has 0 aromatic carbocycles. The first-order valence-corrected chi connectivity index (χ1v) is 8.96. The van der Waals surface area contributed by atoms with Crippen LogP contribution in [0.25, 0.3) is 0 Å². The summed E-state index contributed by atoms with van der Waals surface area (Å²) in [6.07, 6.45) is 1.18. The van der Waals surface area contributed by atoms with Gasteiger partial charge in [-0.15, -0.1) is 0 Å². The Balaban J connectivity index is 1.55. The number of pyridine rings is 1. The fourth-order valence-corrected chi connectivity index (χ4v) is 3.60. The maximum absolute atomic E-state index is 4.73. The second-order valence-electron chi connectivity index (χ2n) is 7.30. The standard InChI is InChI=1S/C17H25N5S/c1-12-6-5-7-14(19-12)18-10-13-8-9-22(11-13)16-20-15(21-23-16)17(2,3)4/h5-7,13H,8-11H2,1-4H3,(H,18,19). The maximum atomic E-state index is 4.73. The normalized spacial score (nSPS) is 18.4. The van der Waals surface area contributed by atoms with Crippen molar-refractivity contribution in [3.05, 3.63) is 29.7 Å². The lowest BCUT2D eigenvalue weighted by molar-refractivity contribution is 0.554. The molecule has 1 fully saturated rings. The Kier molecular flexibility index (Phi) is 4.53. The Morgan fingerprint density at radius 3 is 2.83 bits per heavy atom. The zero-order valence-corrected chi connectivity index (χ0v) is 15.2. The molecule has 1 saturated heterocycles. The summed E-state index contributed by atoms with van der Waals surface area (Å²) in [4.78, 5) is 11.6. The first-order valence-electron chi connectivity index (χ1n) is 8.18. The van der Waals surface area contributed by atoms with E-state index < -0.39 is 0 Å². The van der Waals surface area contributed by atoms with Crippen LogP contribution in [-0.2, 0) is 5.41 Å². The van der Waals surface area contributed by atoms with E-state index in [0.29, 0.717) is 5.92 Å². The molecule has 124 valence electrons. The van der Waals surface area contributed by atoms with Gasteiger partial charge in [0.25, 0.3) is 0 Å². The molecule has 3 rings (SSSR count). The van der Waals surface area contributed by atoms with Gasteiger partial charge in [0.2, 0.25) is 5.13 Å². The van der Waals surface area contributed by atoms with E-state index >= 15 is 0 Å². The fraction of sp³-hybridized carbons (Fsp3) is 0.588. The van der Waals surface area contributed by atoms with Crippen molar-refractivity contribution >= 4 is 22.5 Å². The van der Waals surface area contributed by atoms with Crippen LogP contribution in [-0.4, -0.2) is 34.0 Å². The Hall–Kier alpha value is -1.69. The van der Waals surface area contributed by atoms with Gasteiger partial charge in [0.1, 0.15) is 11.6 Å². The highest BCUT2D eigenvalue weighted by Gasteiger charge is 2.27. The molecule has 1 N–H and O–H groups in total. The van der Waals surface area contributed by atoms with Crippen molar-refractivity contribution < 1.29 is 0 Å². The average Bonchev–Trinajstić information content (AvgIpc) is 3.13. The molecule has 2 aromatic heterocycles. The molecule has 3 heterocycles. The number of hydrogen-bond donors (Lipinski definition) is 1. The van der Waals surface area contributed by atoms with E-state index in [9.17, 15) is 0 Å². The highest BCUT2D eigenvalue weighted by Crippen LogP contribution is 2.29. The molecule has 5 nitrogen and oxygen atoms in total. The van der Waals surface area contributed by atoms with E-state index in [-0.39, 0.29) is 5.41 Å². The second-order valence-corrected chi connectivity index (χ2v) is 8.03. The largest absolute Gasteiger partial charge is 0.370 e. The summed E-state index contributed by atoms with van der Waals surface area (Å²) in [5, 5.41) is 4.52. The molecule has 0 bridgehead atoms. The van der Waals surface area contributed by atoms with Crippen LogP contribution in [0, 0.1) is 12.8 Å². The minimum absolute atomic E-state index is 0.0201. The van der Waals surface area contributed by atoms with Crippen molar-refractivity contribution in [1.29, 1.82) is 0 Å². The number of aryl methyl sites for hydroxylation is 1. The van der Waals surface area contributed by atoms with Gasteiger partial charge >= 0.3 is 0 Å². The van der Waals surface area contributed by atoms with E-state index in [1.807, 2.05) is 25.1 Å². The molecule has 0 saturated carbocycles. The topological polar surface area (TPSA) is 53.9 Å². The van der Waals surface area contributed by atoms with Gasteiger partial charge in [-0.25, -0.2) is 9.97 Å². The predicted octanol–water partition coefficient (Wildman–Crippen LogP) is 3.48. The van der Waals surface area contributed by atoms with Gasteiger partial charge in [-0.05, 0) is 31.4 Å². The van der Waals surface area contributed by atoms with E-state index in [1.54, 1.807) is 0 Å². The molecular formula is C17H25N5S. The van der Waals surface area contributed by atoms with Crippen LogP contribution < -0.4 is 10.2 Å². The van der Waals surface area contributed by atoms with Crippen molar-refractivity contribution in [1.82, 2.24) is 14.3 Å². The van der Waals surface area contributed by atoms with Crippen molar-refractivity contribution in [2.45, 2.75) is 39.5 Å². The first-order chi connectivity index (χ1) is 10.9. The van der Waals surface area contributed by atoms with Crippen molar-refractivity contribution in [2.75, 3.05) is 29.9 Å². The molecular weight excluding hydrogens is 306 g/mol. The molecule has 1 aliphatic heterocycles. The summed E-state index contributed by atoms with van der Waals surface area (Å²) < 4.78 is 4.52. The highest BCUT2D eigenvalue weighted by molar-refractivity contribution is 7.09. The van der Waals surface area contributed by atoms with Crippen LogP contribution in [0.15, 0.2) is 18.2 Å². The van der Waals surface area contributed by atoms with Crippen molar-refractivity contribution in [2.24, 2.45) is 5.92 Å². The molecule has 6 heteroatoms. The van der Waals surface area contributed by atoms with Gasteiger partial charge in [-0.3, -0.25) is 0 Å². The molecule has 0 spiro atoms. The van der Waals surface area contributed by atoms with E-state index in [0.717, 1.165) is 42.1 Å². The molecule has 1 unspecified atom stereocenters. The minimum Gasteiger partial charge on any atom is -0.370 e. The lowest BCUT2D eigenvalue weighted by atomic mass is 9.96. The third kappa shape index (κ3) is 3.99. The summed E-state index contributed by atoms with van der Waals surface area (Å²) in [7, 11) is 0. The Bertz CT molecular complexity index is 661. The third-order valence-electron chi connectivity index (χ3n) is 4.10. The van der Waals surface area contributed by atoms with Gasteiger partial charge in [0.15, 0.2) is 0 Å². The second kappa shape index (κ2) is 6.43. The molecule has 0 radical (unpaired) electrons. The molecule has 23 heavy (non-hydrogen) atoms. The quantitative estimate of drug-likeness (QED) is 0.929. The first kappa shape index (κ1) is 16.2. The average molecular weight is 331 g/mol. The third-order valence-corrected chi connectivity index (χ3v) is 4.88. The van der Waals surface area contributed by atoms with Gasteiger partial charge in [0, 0.05) is 42.3 Å². The van der Waals surface area contributed by atoms with E-state index in [1.165, 1.54) is 18.0 Å². The van der Waals surface area contributed by atoms with E-state index in [4.69, 9.17) is 4.98 Å². The number of nitrogens with zero attached hydrogens (tertiary/aromatic N) is 4. The zero-order valence-electron chi connectivity index (χ0n) is 14.3. The maximum Gasteiger partial charge on any atom is 0.205 e. The van der Waals surface area contributed by atoms with Crippen molar-refractivity contribution in [3.63, 3.8) is 0 Å². The van der Waals surface area contributed by atoms with Gasteiger partial charge in [-0.1, -0.05) is 26.8 Å². The lowest BCUT2D eigenvalue weighted by Gasteiger charge is -2.16. The molecule has 2 aromatic rings. The number of aromatic nitrogens is 3. The van der Waals surface area contributed by atoms with Gasteiger partial charge in [0.05, 0.1) is 0 Å². The Labute approximate surface area is 142 Å². The monoisotopic (exact) mass is 331 g/mol. The van der Waals surface area contributed by atoms with Crippen LogP contribution >= 0.6 is 11.5 Å². The SMILES string of the molecule is Cc1cccc(NCC2CCN(c3nc(C(C)(C)C)ns3)C2)n1. The smallest absolute Gasteiger partial charge is 0.205 e. The minimum atomic E-state index is 0.0201. The lowest BCUT2D eigenvalue weighted by Crippen LogP contribution is -2.23. The summed E-state index contributed by atoms with van der Waals surface area (Å²) in [5.41, 5.74) is 1.07. The number of anilines is 2. The zero-order chi connectivity index (χ0) is 16.4. The molecule has 0 amide bonds. The predicted molar refractivity (Wildman–Crippen MR) is 96.4 cm³/mol. The fourth-order valence-electron chi connectivity index (χ4n) is 2.71. The van der Waals surface area contributed by atoms with Crippen LogP contribution in [0.1, 0.15) is 38.7 Å². The summed E-state index contributed by atoms with van der Waals surface area (Å²) in [6.45, 7) is 11.5. The Morgan fingerprint density at radius 1 is 1.30 bits per heavy atom. The molecule has 1 atom stereocenters. The van der Waals surface area contributed by atoms with E-state index in [2.05, 4.69) is 40.3 Å². The van der Waals surface area contributed by atoms with Crippen LogP contribution in [0.4, 0.5) is 10.9 Å². The van der Waals surface area contributed by atoms with Crippen molar-refractivity contribution in [3.8, 4) is 0 Å². The number of hydrogen-bond acceptors (Lipinski definition) is 6. The number of nitrogens with one attached hydrogen (secondary N) is 1. The van der Waals surface area contributed by atoms with Crippen LogP contribution in [0.2, 0.25) is 0 Å². The summed E-state index contributed by atoms with van der Waals surface area (Å²) in [6, 6.07) is 6.09. The molecule has 0 aliphatic carbocycles. The van der Waals surface area contributed by atoms with Crippen LogP contribution in [0.5, 0.6) is 0 Å². The van der Waals surface area contributed by atoms with Gasteiger partial charge < -0.3 is 10.2 Å². The number of rotatable bonds is 4.